The fourth-order valence-electron chi connectivity index (χ4n) is 2.82. The number of hydrogen-bond acceptors (Lipinski definition) is 2. The van der Waals surface area contributed by atoms with Gasteiger partial charge in [0.15, 0.2) is 0 Å². The van der Waals surface area contributed by atoms with Gasteiger partial charge in [-0.2, -0.15) is 0 Å². The van der Waals surface area contributed by atoms with Gasteiger partial charge in [-0.3, -0.25) is 10.1 Å². The molecule has 2 atom stereocenters. The van der Waals surface area contributed by atoms with Crippen molar-refractivity contribution >= 4 is 34.0 Å². The number of halogens is 1. The van der Waals surface area contributed by atoms with Crippen LogP contribution >= 0.6 is 11.6 Å². The standard InChI is InChI=1S/C21H21ClN2O/c1-14(16-7-10-19(22)11-8-16)23-15(2)21(25)24-20-12-9-17-5-3-4-6-18(17)13-20/h3-15,23H,1-2H3,(H,24,25)/t14-,15+/m1/s1. The number of anilines is 1. The largest absolute Gasteiger partial charge is 0.325 e. The summed E-state index contributed by atoms with van der Waals surface area (Å²) in [5.41, 5.74) is 1.89. The summed E-state index contributed by atoms with van der Waals surface area (Å²) in [4.78, 5) is 12.5. The highest BCUT2D eigenvalue weighted by Crippen LogP contribution is 2.20. The van der Waals surface area contributed by atoms with E-state index in [9.17, 15) is 4.79 Å². The Hall–Kier alpha value is -2.36. The van der Waals surface area contributed by atoms with Crippen molar-refractivity contribution < 1.29 is 4.79 Å². The molecule has 0 saturated carbocycles. The third-order valence-electron chi connectivity index (χ3n) is 4.28. The number of benzene rings is 3. The Kier molecular flexibility index (Phi) is 5.37. The maximum atomic E-state index is 12.5. The molecule has 1 amide bonds. The van der Waals surface area contributed by atoms with E-state index in [2.05, 4.69) is 16.7 Å². The topological polar surface area (TPSA) is 41.1 Å². The minimum Gasteiger partial charge on any atom is -0.325 e. The summed E-state index contributed by atoms with van der Waals surface area (Å²) in [6.45, 7) is 3.89. The summed E-state index contributed by atoms with van der Waals surface area (Å²) in [6, 6.07) is 21.4. The molecule has 4 heteroatoms. The Bertz CT molecular complexity index is 876. The van der Waals surface area contributed by atoms with Gasteiger partial charge in [0.2, 0.25) is 5.91 Å². The smallest absolute Gasteiger partial charge is 0.241 e. The number of carbonyl (C=O) groups is 1. The molecule has 0 spiro atoms. The number of fused-ring (bicyclic) bond motifs is 1. The van der Waals surface area contributed by atoms with E-state index in [0.717, 1.165) is 22.0 Å². The number of amides is 1. The minimum atomic E-state index is -0.322. The van der Waals surface area contributed by atoms with Gasteiger partial charge in [0.25, 0.3) is 0 Å². The molecule has 0 aliphatic rings. The zero-order chi connectivity index (χ0) is 17.8. The van der Waals surface area contributed by atoms with Gasteiger partial charge < -0.3 is 5.32 Å². The Morgan fingerprint density at radius 1 is 0.920 bits per heavy atom. The first-order chi connectivity index (χ1) is 12.0. The van der Waals surface area contributed by atoms with E-state index in [4.69, 9.17) is 11.6 Å². The van der Waals surface area contributed by atoms with Gasteiger partial charge in [-0.25, -0.2) is 0 Å². The van der Waals surface area contributed by atoms with Gasteiger partial charge in [-0.15, -0.1) is 0 Å². The lowest BCUT2D eigenvalue weighted by Crippen LogP contribution is -2.39. The molecule has 128 valence electrons. The molecular weight excluding hydrogens is 332 g/mol. The van der Waals surface area contributed by atoms with Crippen LogP contribution in [0.15, 0.2) is 66.7 Å². The van der Waals surface area contributed by atoms with Gasteiger partial charge in [0, 0.05) is 16.8 Å². The molecule has 3 rings (SSSR count). The highest BCUT2D eigenvalue weighted by molar-refractivity contribution is 6.30. The van der Waals surface area contributed by atoms with E-state index < -0.39 is 0 Å². The normalized spacial score (nSPS) is 13.4. The van der Waals surface area contributed by atoms with Crippen LogP contribution in [0.3, 0.4) is 0 Å². The lowest BCUT2D eigenvalue weighted by Gasteiger charge is -2.20. The molecule has 2 N–H and O–H groups in total. The zero-order valence-corrected chi connectivity index (χ0v) is 15.0. The zero-order valence-electron chi connectivity index (χ0n) is 14.3. The number of hydrogen-bond donors (Lipinski definition) is 2. The van der Waals surface area contributed by atoms with E-state index in [1.165, 1.54) is 0 Å². The maximum absolute atomic E-state index is 12.5. The van der Waals surface area contributed by atoms with Crippen LogP contribution in [-0.4, -0.2) is 11.9 Å². The van der Waals surface area contributed by atoms with Gasteiger partial charge >= 0.3 is 0 Å². The molecule has 0 aliphatic carbocycles. The summed E-state index contributed by atoms with van der Waals surface area (Å²) in [6.07, 6.45) is 0. The van der Waals surface area contributed by atoms with Gasteiger partial charge in [0.1, 0.15) is 0 Å². The maximum Gasteiger partial charge on any atom is 0.241 e. The van der Waals surface area contributed by atoms with Crippen LogP contribution in [0.2, 0.25) is 5.02 Å². The SMILES string of the molecule is C[C@H](N[C@H](C)c1ccc(Cl)cc1)C(=O)Nc1ccc2ccccc2c1. The minimum absolute atomic E-state index is 0.0506. The second-order valence-corrected chi connectivity index (χ2v) is 6.65. The van der Waals surface area contributed by atoms with Crippen molar-refractivity contribution in [2.75, 3.05) is 5.32 Å². The van der Waals surface area contributed by atoms with Gasteiger partial charge in [-0.05, 0) is 54.4 Å². The summed E-state index contributed by atoms with van der Waals surface area (Å²) >= 11 is 5.92. The average molecular weight is 353 g/mol. The number of nitrogens with one attached hydrogen (secondary N) is 2. The Morgan fingerprint density at radius 3 is 2.32 bits per heavy atom. The first-order valence-corrected chi connectivity index (χ1v) is 8.72. The van der Waals surface area contributed by atoms with E-state index >= 15 is 0 Å². The van der Waals surface area contributed by atoms with Crippen molar-refractivity contribution in [1.82, 2.24) is 5.32 Å². The Morgan fingerprint density at radius 2 is 1.60 bits per heavy atom. The molecule has 3 aromatic rings. The molecule has 3 nitrogen and oxygen atoms in total. The molecule has 0 aliphatic heterocycles. The molecule has 0 unspecified atom stereocenters. The number of rotatable bonds is 5. The molecule has 0 bridgehead atoms. The summed E-state index contributed by atoms with van der Waals surface area (Å²) in [7, 11) is 0. The third-order valence-corrected chi connectivity index (χ3v) is 4.53. The second kappa shape index (κ2) is 7.68. The molecule has 3 aromatic carbocycles. The first kappa shape index (κ1) is 17.5. The molecular formula is C21H21ClN2O. The molecule has 25 heavy (non-hydrogen) atoms. The lowest BCUT2D eigenvalue weighted by molar-refractivity contribution is -0.117. The third kappa shape index (κ3) is 4.38. The average Bonchev–Trinajstić information content (AvgIpc) is 2.62. The molecule has 0 fully saturated rings. The van der Waals surface area contributed by atoms with Crippen LogP contribution in [0, 0.1) is 0 Å². The quantitative estimate of drug-likeness (QED) is 0.665. The Balaban J connectivity index is 1.64. The van der Waals surface area contributed by atoms with E-state index in [0.29, 0.717) is 5.02 Å². The Labute approximate surface area is 153 Å². The fourth-order valence-corrected chi connectivity index (χ4v) is 2.94. The highest BCUT2D eigenvalue weighted by atomic mass is 35.5. The van der Waals surface area contributed by atoms with E-state index in [-0.39, 0.29) is 18.0 Å². The van der Waals surface area contributed by atoms with E-state index in [1.54, 1.807) is 0 Å². The highest BCUT2D eigenvalue weighted by Gasteiger charge is 2.16. The van der Waals surface area contributed by atoms with Crippen LogP contribution in [0.1, 0.15) is 25.5 Å². The predicted octanol–water partition coefficient (Wildman–Crippen LogP) is 5.17. The lowest BCUT2D eigenvalue weighted by atomic mass is 10.1. The van der Waals surface area contributed by atoms with Crippen molar-refractivity contribution in [3.05, 3.63) is 77.3 Å². The van der Waals surface area contributed by atoms with Crippen LogP contribution < -0.4 is 10.6 Å². The second-order valence-electron chi connectivity index (χ2n) is 6.21. The monoisotopic (exact) mass is 352 g/mol. The van der Waals surface area contributed by atoms with Crippen LogP contribution in [0.5, 0.6) is 0 Å². The van der Waals surface area contributed by atoms with Crippen molar-refractivity contribution in [2.45, 2.75) is 25.9 Å². The van der Waals surface area contributed by atoms with Crippen molar-refractivity contribution in [2.24, 2.45) is 0 Å². The van der Waals surface area contributed by atoms with Crippen molar-refractivity contribution in [3.8, 4) is 0 Å². The molecule has 0 radical (unpaired) electrons. The molecule has 0 saturated heterocycles. The summed E-state index contributed by atoms with van der Waals surface area (Å²) in [5, 5.41) is 9.26. The van der Waals surface area contributed by atoms with Crippen molar-refractivity contribution in [3.63, 3.8) is 0 Å². The van der Waals surface area contributed by atoms with Gasteiger partial charge in [-0.1, -0.05) is 54.1 Å². The fraction of sp³-hybridized carbons (Fsp3) is 0.190. The predicted molar refractivity (Wildman–Crippen MR) is 105 cm³/mol. The molecule has 0 aromatic heterocycles. The van der Waals surface area contributed by atoms with Crippen LogP contribution in [-0.2, 0) is 4.79 Å². The summed E-state index contributed by atoms with van der Waals surface area (Å²) in [5.74, 6) is -0.0592. The molecule has 0 heterocycles. The summed E-state index contributed by atoms with van der Waals surface area (Å²) < 4.78 is 0. The van der Waals surface area contributed by atoms with Crippen molar-refractivity contribution in [1.29, 1.82) is 0 Å². The van der Waals surface area contributed by atoms with E-state index in [1.807, 2.05) is 74.5 Å². The van der Waals surface area contributed by atoms with Gasteiger partial charge in [0.05, 0.1) is 6.04 Å². The first-order valence-electron chi connectivity index (χ1n) is 8.34. The van der Waals surface area contributed by atoms with Crippen LogP contribution in [0.4, 0.5) is 5.69 Å². The van der Waals surface area contributed by atoms with Crippen LogP contribution in [0.25, 0.3) is 10.8 Å². The number of carbonyl (C=O) groups excluding carboxylic acids is 1.